The number of halogens is 1. The fraction of sp³-hybridized carbons (Fsp3) is 0.667. The van der Waals surface area contributed by atoms with Crippen molar-refractivity contribution in [3.63, 3.8) is 0 Å². The van der Waals surface area contributed by atoms with E-state index in [1.165, 1.54) is 37.1 Å². The number of rotatable bonds is 4. The lowest BCUT2D eigenvalue weighted by molar-refractivity contribution is 0.399. The van der Waals surface area contributed by atoms with Crippen molar-refractivity contribution in [2.45, 2.75) is 52.0 Å². The lowest BCUT2D eigenvalue weighted by Crippen LogP contribution is -2.33. The highest BCUT2D eigenvalue weighted by atomic mass is 79.9. The highest BCUT2D eigenvalue weighted by Crippen LogP contribution is 2.25. The Morgan fingerprint density at radius 2 is 2.32 bits per heavy atom. The van der Waals surface area contributed by atoms with Crippen LogP contribution in [0.1, 0.15) is 50.9 Å². The second-order valence-electron chi connectivity index (χ2n) is 5.46. The van der Waals surface area contributed by atoms with Crippen molar-refractivity contribution in [3.8, 4) is 0 Å². The maximum absolute atomic E-state index is 4.54. The molecule has 2 rings (SSSR count). The minimum atomic E-state index is 0.655. The van der Waals surface area contributed by atoms with Crippen molar-refractivity contribution in [1.82, 2.24) is 15.1 Å². The minimum Gasteiger partial charge on any atom is -0.314 e. The Kier molecular flexibility index (Phi) is 5.22. The quantitative estimate of drug-likeness (QED) is 0.915. The third-order valence-corrected chi connectivity index (χ3v) is 4.66. The van der Waals surface area contributed by atoms with Crippen molar-refractivity contribution < 1.29 is 0 Å². The Hall–Kier alpha value is -0.610. The molecule has 106 valence electrons. The molecule has 0 aromatic carbocycles. The third-order valence-electron chi connectivity index (χ3n) is 3.80. The van der Waals surface area contributed by atoms with Gasteiger partial charge in [-0.15, -0.1) is 0 Å². The standard InChI is InChI=1S/C15H24BrN3/c1-4-13-15(16)14(19(3)18-13)10-11(2)9-12-7-5-6-8-17-12/h10,12,17H,4-9H2,1-3H3/b11-10-. The molecule has 1 atom stereocenters. The number of hydrogen-bond acceptors (Lipinski definition) is 2. The molecule has 1 N–H and O–H groups in total. The molecule has 3 nitrogen and oxygen atoms in total. The van der Waals surface area contributed by atoms with Crippen LogP contribution in [0.2, 0.25) is 0 Å². The van der Waals surface area contributed by atoms with Gasteiger partial charge in [0.05, 0.1) is 15.9 Å². The van der Waals surface area contributed by atoms with Crippen LogP contribution in [0.4, 0.5) is 0 Å². The van der Waals surface area contributed by atoms with Gasteiger partial charge in [-0.1, -0.05) is 18.9 Å². The summed E-state index contributed by atoms with van der Waals surface area (Å²) < 4.78 is 3.12. The van der Waals surface area contributed by atoms with Crippen molar-refractivity contribution in [3.05, 3.63) is 21.4 Å². The van der Waals surface area contributed by atoms with Crippen molar-refractivity contribution in [1.29, 1.82) is 0 Å². The summed E-state index contributed by atoms with van der Waals surface area (Å²) in [5, 5.41) is 8.14. The smallest absolute Gasteiger partial charge is 0.0770 e. The number of nitrogens with zero attached hydrogens (tertiary/aromatic N) is 2. The first-order valence-corrected chi connectivity index (χ1v) is 8.03. The molecule has 0 bridgehead atoms. The van der Waals surface area contributed by atoms with E-state index in [0.717, 1.165) is 23.0 Å². The van der Waals surface area contributed by atoms with E-state index in [0.29, 0.717) is 6.04 Å². The average Bonchev–Trinajstić information content (AvgIpc) is 2.67. The molecule has 0 aliphatic carbocycles. The zero-order chi connectivity index (χ0) is 13.8. The lowest BCUT2D eigenvalue weighted by atomic mass is 9.98. The van der Waals surface area contributed by atoms with Gasteiger partial charge in [0.1, 0.15) is 0 Å². The van der Waals surface area contributed by atoms with Crippen molar-refractivity contribution >= 4 is 22.0 Å². The SMILES string of the molecule is CCc1nn(C)c(/C=C(/C)CC2CCCCN2)c1Br. The molecule has 1 unspecified atom stereocenters. The number of piperidine rings is 1. The highest BCUT2D eigenvalue weighted by molar-refractivity contribution is 9.10. The van der Waals surface area contributed by atoms with Gasteiger partial charge in [-0.25, -0.2) is 0 Å². The van der Waals surface area contributed by atoms with Crippen LogP contribution in [-0.2, 0) is 13.5 Å². The minimum absolute atomic E-state index is 0.655. The van der Waals surface area contributed by atoms with Crippen LogP contribution in [0.3, 0.4) is 0 Å². The van der Waals surface area contributed by atoms with Gasteiger partial charge in [0.25, 0.3) is 0 Å². The Balaban J connectivity index is 2.09. The van der Waals surface area contributed by atoms with Crippen molar-refractivity contribution in [2.24, 2.45) is 7.05 Å². The normalized spacial score (nSPS) is 20.8. The van der Waals surface area contributed by atoms with Crippen molar-refractivity contribution in [2.75, 3.05) is 6.54 Å². The van der Waals surface area contributed by atoms with Gasteiger partial charge >= 0.3 is 0 Å². The van der Waals surface area contributed by atoms with Gasteiger partial charge < -0.3 is 5.32 Å². The molecule has 19 heavy (non-hydrogen) atoms. The summed E-state index contributed by atoms with van der Waals surface area (Å²) in [6.45, 7) is 5.54. The van der Waals surface area contributed by atoms with E-state index in [1.54, 1.807) is 0 Å². The number of nitrogens with one attached hydrogen (secondary N) is 1. The van der Waals surface area contributed by atoms with Crippen LogP contribution < -0.4 is 5.32 Å². The topological polar surface area (TPSA) is 29.9 Å². The Morgan fingerprint density at radius 3 is 2.89 bits per heavy atom. The molecule has 1 aliphatic heterocycles. The van der Waals surface area contributed by atoms with E-state index >= 15 is 0 Å². The number of hydrogen-bond donors (Lipinski definition) is 1. The lowest BCUT2D eigenvalue weighted by Gasteiger charge is -2.23. The molecule has 0 radical (unpaired) electrons. The van der Waals surface area contributed by atoms with Gasteiger partial charge in [0, 0.05) is 13.1 Å². The summed E-state index contributed by atoms with van der Waals surface area (Å²) in [4.78, 5) is 0. The first-order chi connectivity index (χ1) is 9.11. The molecule has 1 aliphatic rings. The summed E-state index contributed by atoms with van der Waals surface area (Å²) in [7, 11) is 2.02. The first kappa shape index (κ1) is 14.8. The highest BCUT2D eigenvalue weighted by Gasteiger charge is 2.14. The van der Waals surface area contributed by atoms with Crippen LogP contribution in [-0.4, -0.2) is 22.4 Å². The predicted molar refractivity (Wildman–Crippen MR) is 84.2 cm³/mol. The summed E-state index contributed by atoms with van der Waals surface area (Å²) in [6, 6.07) is 0.655. The Labute approximate surface area is 124 Å². The fourth-order valence-electron chi connectivity index (χ4n) is 2.73. The Bertz CT molecular complexity index is 456. The van der Waals surface area contributed by atoms with E-state index in [2.05, 4.69) is 46.3 Å². The molecular weight excluding hydrogens is 302 g/mol. The average molecular weight is 326 g/mol. The van der Waals surface area contributed by atoms with E-state index < -0.39 is 0 Å². The summed E-state index contributed by atoms with van der Waals surface area (Å²) in [5.41, 5.74) is 3.74. The van der Waals surface area contributed by atoms with E-state index in [4.69, 9.17) is 0 Å². The van der Waals surface area contributed by atoms with E-state index in [-0.39, 0.29) is 0 Å². The molecule has 2 heterocycles. The fourth-order valence-corrected chi connectivity index (χ4v) is 3.46. The van der Waals surface area contributed by atoms with Crippen LogP contribution >= 0.6 is 15.9 Å². The number of aryl methyl sites for hydroxylation is 2. The van der Waals surface area contributed by atoms with Crippen LogP contribution in [0.15, 0.2) is 10.0 Å². The molecule has 1 aromatic heterocycles. The van der Waals surface area contributed by atoms with E-state index in [1.807, 2.05) is 11.7 Å². The number of aromatic nitrogens is 2. The molecule has 1 fully saturated rings. The van der Waals surface area contributed by atoms with Crippen LogP contribution in [0.25, 0.3) is 6.08 Å². The van der Waals surface area contributed by atoms with Gasteiger partial charge in [-0.2, -0.15) is 5.10 Å². The second-order valence-corrected chi connectivity index (χ2v) is 6.26. The molecule has 4 heteroatoms. The van der Waals surface area contributed by atoms with Gasteiger partial charge in [-0.05, 0) is 61.2 Å². The molecule has 0 amide bonds. The maximum Gasteiger partial charge on any atom is 0.0770 e. The predicted octanol–water partition coefficient (Wildman–Crippen LogP) is 3.68. The molecule has 1 aromatic rings. The zero-order valence-electron chi connectivity index (χ0n) is 12.2. The maximum atomic E-state index is 4.54. The summed E-state index contributed by atoms with van der Waals surface area (Å²) >= 11 is 3.67. The van der Waals surface area contributed by atoms with Gasteiger partial charge in [0.2, 0.25) is 0 Å². The van der Waals surface area contributed by atoms with Gasteiger partial charge in [0.15, 0.2) is 0 Å². The largest absolute Gasteiger partial charge is 0.314 e. The molecule has 0 spiro atoms. The first-order valence-electron chi connectivity index (χ1n) is 7.23. The molecular formula is C15H24BrN3. The second kappa shape index (κ2) is 6.71. The van der Waals surface area contributed by atoms with Crippen LogP contribution in [0.5, 0.6) is 0 Å². The Morgan fingerprint density at radius 1 is 1.53 bits per heavy atom. The van der Waals surface area contributed by atoms with E-state index in [9.17, 15) is 0 Å². The monoisotopic (exact) mass is 325 g/mol. The van der Waals surface area contributed by atoms with Crippen LogP contribution in [0, 0.1) is 0 Å². The summed E-state index contributed by atoms with van der Waals surface area (Å²) in [5.74, 6) is 0. The zero-order valence-corrected chi connectivity index (χ0v) is 13.8. The molecule has 0 saturated carbocycles. The van der Waals surface area contributed by atoms with Gasteiger partial charge in [-0.3, -0.25) is 4.68 Å². The molecule has 1 saturated heterocycles. The summed E-state index contributed by atoms with van der Waals surface area (Å²) in [6.07, 6.45) is 8.36. The third kappa shape index (κ3) is 3.69.